The maximum atomic E-state index is 4.65. The van der Waals surface area contributed by atoms with Crippen LogP contribution in [-0.4, -0.2) is 16.0 Å². The van der Waals surface area contributed by atoms with Gasteiger partial charge in [0.15, 0.2) is 0 Å². The van der Waals surface area contributed by atoms with Gasteiger partial charge in [-0.25, -0.2) is 0 Å². The summed E-state index contributed by atoms with van der Waals surface area (Å²) >= 11 is 1.83. The van der Waals surface area contributed by atoms with Crippen LogP contribution in [-0.2, 0) is 5.54 Å². The van der Waals surface area contributed by atoms with E-state index < -0.39 is 0 Å². The first-order chi connectivity index (χ1) is 6.36. The van der Waals surface area contributed by atoms with Gasteiger partial charge in [-0.05, 0) is 46.9 Å². The Hall–Kier alpha value is -0.440. The second-order valence-electron chi connectivity index (χ2n) is 4.67. The van der Waals surface area contributed by atoms with E-state index in [-0.39, 0.29) is 5.54 Å². The summed E-state index contributed by atoms with van der Waals surface area (Å²) in [5, 5.41) is 5.13. The number of thioether (sulfide) groups is 1. The quantitative estimate of drug-likeness (QED) is 0.748. The first-order valence-corrected chi connectivity index (χ1v) is 6.25. The molecule has 0 aliphatic rings. The lowest BCUT2D eigenvalue weighted by molar-refractivity contribution is 0.346. The average molecular weight is 212 g/mol. The van der Waals surface area contributed by atoms with Crippen molar-refractivity contribution in [2.75, 3.05) is 6.26 Å². The third-order valence-corrected chi connectivity index (χ3v) is 3.26. The molecule has 1 atom stereocenters. The SMILES string of the molecule is CSC(C)c1cc(C)n(C(C)(C)C)n1. The van der Waals surface area contributed by atoms with Crippen LogP contribution in [0.3, 0.4) is 0 Å². The second-order valence-corrected chi connectivity index (χ2v) is 5.85. The van der Waals surface area contributed by atoms with Crippen LogP contribution in [0, 0.1) is 6.92 Å². The minimum atomic E-state index is 0.0838. The van der Waals surface area contributed by atoms with Crippen LogP contribution in [0.2, 0.25) is 0 Å². The molecule has 0 spiro atoms. The van der Waals surface area contributed by atoms with Crippen molar-refractivity contribution in [1.82, 2.24) is 9.78 Å². The van der Waals surface area contributed by atoms with E-state index in [1.807, 2.05) is 11.8 Å². The normalized spacial score (nSPS) is 14.4. The first kappa shape index (κ1) is 11.6. The molecule has 0 bridgehead atoms. The van der Waals surface area contributed by atoms with Crippen LogP contribution in [0.5, 0.6) is 0 Å². The third kappa shape index (κ3) is 2.32. The topological polar surface area (TPSA) is 17.8 Å². The Bertz CT molecular complexity index is 310. The molecular formula is C11H20N2S. The monoisotopic (exact) mass is 212 g/mol. The molecule has 1 heterocycles. The van der Waals surface area contributed by atoms with Gasteiger partial charge in [0.1, 0.15) is 0 Å². The lowest BCUT2D eigenvalue weighted by Gasteiger charge is -2.21. The zero-order valence-electron chi connectivity index (χ0n) is 9.96. The number of aryl methyl sites for hydroxylation is 1. The fourth-order valence-corrected chi connectivity index (χ4v) is 1.85. The number of hydrogen-bond acceptors (Lipinski definition) is 2. The van der Waals surface area contributed by atoms with Crippen LogP contribution >= 0.6 is 11.8 Å². The summed E-state index contributed by atoms with van der Waals surface area (Å²) in [5.41, 5.74) is 2.51. The van der Waals surface area contributed by atoms with Crippen LogP contribution in [0.15, 0.2) is 6.07 Å². The Morgan fingerprint density at radius 3 is 2.36 bits per heavy atom. The molecule has 0 aromatic carbocycles. The van der Waals surface area contributed by atoms with Crippen molar-refractivity contribution >= 4 is 11.8 Å². The molecule has 0 radical (unpaired) electrons. The van der Waals surface area contributed by atoms with E-state index in [0.29, 0.717) is 5.25 Å². The smallest absolute Gasteiger partial charge is 0.0754 e. The van der Waals surface area contributed by atoms with E-state index in [0.717, 1.165) is 0 Å². The maximum absolute atomic E-state index is 4.65. The van der Waals surface area contributed by atoms with Gasteiger partial charge in [0.2, 0.25) is 0 Å². The predicted octanol–water partition coefficient (Wildman–Crippen LogP) is 3.37. The standard InChI is InChI=1S/C11H20N2S/c1-8-7-10(9(2)14-6)12-13(8)11(3,4)5/h7,9H,1-6H3. The highest BCUT2D eigenvalue weighted by Gasteiger charge is 2.18. The molecule has 0 amide bonds. The van der Waals surface area contributed by atoms with Crippen molar-refractivity contribution in [3.8, 4) is 0 Å². The summed E-state index contributed by atoms with van der Waals surface area (Å²) in [4.78, 5) is 0. The van der Waals surface area contributed by atoms with Gasteiger partial charge in [0.05, 0.1) is 11.2 Å². The first-order valence-electron chi connectivity index (χ1n) is 4.96. The highest BCUT2D eigenvalue weighted by Crippen LogP contribution is 2.27. The summed E-state index contributed by atoms with van der Waals surface area (Å²) in [6.45, 7) is 10.9. The Balaban J connectivity index is 3.05. The van der Waals surface area contributed by atoms with Crippen molar-refractivity contribution in [3.05, 3.63) is 17.5 Å². The molecular weight excluding hydrogens is 192 g/mol. The highest BCUT2D eigenvalue weighted by molar-refractivity contribution is 7.98. The van der Waals surface area contributed by atoms with Crippen molar-refractivity contribution in [2.45, 2.75) is 45.4 Å². The molecule has 3 heteroatoms. The van der Waals surface area contributed by atoms with Crippen molar-refractivity contribution in [3.63, 3.8) is 0 Å². The van der Waals surface area contributed by atoms with E-state index in [9.17, 15) is 0 Å². The summed E-state index contributed by atoms with van der Waals surface area (Å²) in [7, 11) is 0. The molecule has 0 N–H and O–H groups in total. The lowest BCUT2D eigenvalue weighted by Crippen LogP contribution is -2.24. The molecule has 80 valence electrons. The summed E-state index contributed by atoms with van der Waals surface area (Å²) in [6.07, 6.45) is 2.12. The maximum Gasteiger partial charge on any atom is 0.0754 e. The molecule has 0 aliphatic carbocycles. The zero-order valence-corrected chi connectivity index (χ0v) is 10.8. The summed E-state index contributed by atoms with van der Waals surface area (Å²) < 4.78 is 2.11. The molecule has 2 nitrogen and oxygen atoms in total. The molecule has 14 heavy (non-hydrogen) atoms. The Labute approximate surface area is 91.1 Å². The number of rotatable bonds is 2. The average Bonchev–Trinajstić information content (AvgIpc) is 2.45. The van der Waals surface area contributed by atoms with Gasteiger partial charge in [-0.15, -0.1) is 0 Å². The molecule has 0 saturated carbocycles. The van der Waals surface area contributed by atoms with Crippen LogP contribution in [0.4, 0.5) is 0 Å². The van der Waals surface area contributed by atoms with Gasteiger partial charge in [0, 0.05) is 10.9 Å². The van der Waals surface area contributed by atoms with E-state index in [1.54, 1.807) is 0 Å². The van der Waals surface area contributed by atoms with E-state index in [1.165, 1.54) is 11.4 Å². The fraction of sp³-hybridized carbons (Fsp3) is 0.727. The van der Waals surface area contributed by atoms with Gasteiger partial charge in [0.25, 0.3) is 0 Å². The second kappa shape index (κ2) is 3.97. The fourth-order valence-electron chi connectivity index (χ4n) is 1.50. The molecule has 0 aliphatic heterocycles. The number of hydrogen-bond donors (Lipinski definition) is 0. The van der Waals surface area contributed by atoms with Gasteiger partial charge in [-0.3, -0.25) is 4.68 Å². The van der Waals surface area contributed by atoms with E-state index in [2.05, 4.69) is 56.7 Å². The minimum absolute atomic E-state index is 0.0838. The van der Waals surface area contributed by atoms with Gasteiger partial charge in [-0.2, -0.15) is 16.9 Å². The summed E-state index contributed by atoms with van der Waals surface area (Å²) in [6, 6.07) is 2.19. The van der Waals surface area contributed by atoms with E-state index >= 15 is 0 Å². The van der Waals surface area contributed by atoms with Gasteiger partial charge < -0.3 is 0 Å². The molecule has 0 fully saturated rings. The number of nitrogens with zero attached hydrogens (tertiary/aromatic N) is 2. The van der Waals surface area contributed by atoms with Crippen molar-refractivity contribution in [1.29, 1.82) is 0 Å². The Morgan fingerprint density at radius 2 is 2.00 bits per heavy atom. The van der Waals surface area contributed by atoms with Crippen LogP contribution in [0.25, 0.3) is 0 Å². The largest absolute Gasteiger partial charge is 0.264 e. The summed E-state index contributed by atoms with van der Waals surface area (Å²) in [5.74, 6) is 0. The minimum Gasteiger partial charge on any atom is -0.264 e. The predicted molar refractivity (Wildman–Crippen MR) is 63.9 cm³/mol. The van der Waals surface area contributed by atoms with Crippen LogP contribution < -0.4 is 0 Å². The van der Waals surface area contributed by atoms with Gasteiger partial charge in [-0.1, -0.05) is 0 Å². The Morgan fingerprint density at radius 1 is 1.43 bits per heavy atom. The lowest BCUT2D eigenvalue weighted by atomic mass is 10.1. The molecule has 1 aromatic rings. The molecule has 1 unspecified atom stereocenters. The Kier molecular flexibility index (Phi) is 3.30. The van der Waals surface area contributed by atoms with Crippen molar-refractivity contribution in [2.24, 2.45) is 0 Å². The molecule has 0 saturated heterocycles. The molecule has 1 aromatic heterocycles. The highest BCUT2D eigenvalue weighted by atomic mass is 32.2. The van der Waals surface area contributed by atoms with Gasteiger partial charge >= 0.3 is 0 Å². The molecule has 1 rings (SSSR count). The third-order valence-electron chi connectivity index (χ3n) is 2.31. The zero-order chi connectivity index (χ0) is 10.9. The van der Waals surface area contributed by atoms with E-state index in [4.69, 9.17) is 0 Å². The van der Waals surface area contributed by atoms with Crippen molar-refractivity contribution < 1.29 is 0 Å². The number of aromatic nitrogens is 2. The van der Waals surface area contributed by atoms with Crippen LogP contribution in [0.1, 0.15) is 44.3 Å².